The molecule has 0 spiro atoms. The molecule has 0 fully saturated rings. The van der Waals surface area contributed by atoms with Crippen molar-refractivity contribution in [3.63, 3.8) is 0 Å². The Bertz CT molecular complexity index is 495. The summed E-state index contributed by atoms with van der Waals surface area (Å²) in [6.07, 6.45) is 0.259. The third-order valence-electron chi connectivity index (χ3n) is 2.61. The van der Waals surface area contributed by atoms with Crippen molar-refractivity contribution in [2.75, 3.05) is 13.1 Å². The first kappa shape index (κ1) is 12.1. The summed E-state index contributed by atoms with van der Waals surface area (Å²) in [6, 6.07) is 6.41. The van der Waals surface area contributed by atoms with Crippen molar-refractivity contribution in [2.45, 2.75) is 19.4 Å². The molecule has 0 aliphatic carbocycles. The number of halogens is 1. The van der Waals surface area contributed by atoms with Crippen LogP contribution in [0.2, 0.25) is 0 Å². The second kappa shape index (κ2) is 5.29. The van der Waals surface area contributed by atoms with Crippen LogP contribution < -0.4 is 5.32 Å². The van der Waals surface area contributed by atoms with E-state index in [4.69, 9.17) is 4.42 Å². The van der Waals surface area contributed by atoms with Crippen LogP contribution in [0.3, 0.4) is 0 Å². The van der Waals surface area contributed by atoms with E-state index >= 15 is 0 Å². The summed E-state index contributed by atoms with van der Waals surface area (Å²) < 4.78 is 18.7. The number of para-hydroxylation sites is 1. The van der Waals surface area contributed by atoms with Crippen LogP contribution in [0.25, 0.3) is 11.0 Å². The molecular weight excluding hydrogens is 221 g/mol. The minimum Gasteiger partial charge on any atom is -0.455 e. The van der Waals surface area contributed by atoms with Crippen LogP contribution >= 0.6 is 0 Å². The molecule has 3 nitrogen and oxygen atoms in total. The van der Waals surface area contributed by atoms with Gasteiger partial charge in [0.05, 0.1) is 0 Å². The standard InChI is InChI=1S/C13H16FNO2/c1-2-6-15-8-11(16)12-7-9-4-3-5-10(14)13(9)17-12/h3-5,7,11,15-16H,2,6,8H2,1H3. The van der Waals surface area contributed by atoms with E-state index in [9.17, 15) is 9.50 Å². The summed E-state index contributed by atoms with van der Waals surface area (Å²) >= 11 is 0. The quantitative estimate of drug-likeness (QED) is 0.786. The number of hydrogen-bond acceptors (Lipinski definition) is 3. The van der Waals surface area contributed by atoms with Crippen molar-refractivity contribution in [2.24, 2.45) is 0 Å². The highest BCUT2D eigenvalue weighted by atomic mass is 19.1. The van der Waals surface area contributed by atoms with Gasteiger partial charge in [0.2, 0.25) is 0 Å². The molecule has 1 aromatic carbocycles. The maximum Gasteiger partial charge on any atom is 0.170 e. The average molecular weight is 237 g/mol. The number of fused-ring (bicyclic) bond motifs is 1. The summed E-state index contributed by atoms with van der Waals surface area (Å²) in [5, 5.41) is 13.6. The molecule has 0 aliphatic rings. The van der Waals surface area contributed by atoms with Gasteiger partial charge >= 0.3 is 0 Å². The third kappa shape index (κ3) is 2.65. The van der Waals surface area contributed by atoms with E-state index in [1.54, 1.807) is 18.2 Å². The Balaban J connectivity index is 2.16. The van der Waals surface area contributed by atoms with Gasteiger partial charge in [0.15, 0.2) is 11.4 Å². The molecule has 0 radical (unpaired) electrons. The Labute approximate surface area is 99.2 Å². The highest BCUT2D eigenvalue weighted by Crippen LogP contribution is 2.25. The highest BCUT2D eigenvalue weighted by molar-refractivity contribution is 5.78. The molecule has 1 unspecified atom stereocenters. The van der Waals surface area contributed by atoms with Gasteiger partial charge in [-0.1, -0.05) is 19.1 Å². The van der Waals surface area contributed by atoms with Crippen molar-refractivity contribution >= 4 is 11.0 Å². The van der Waals surface area contributed by atoms with Crippen molar-refractivity contribution in [3.8, 4) is 0 Å². The molecule has 0 bridgehead atoms. The van der Waals surface area contributed by atoms with Gasteiger partial charge in [-0.25, -0.2) is 4.39 Å². The Hall–Kier alpha value is -1.39. The molecule has 1 aromatic heterocycles. The Morgan fingerprint density at radius 2 is 2.29 bits per heavy atom. The van der Waals surface area contributed by atoms with Gasteiger partial charge in [0, 0.05) is 11.9 Å². The zero-order valence-corrected chi connectivity index (χ0v) is 9.74. The molecule has 0 aliphatic heterocycles. The fraction of sp³-hybridized carbons (Fsp3) is 0.385. The summed E-state index contributed by atoms with van der Waals surface area (Å²) in [7, 11) is 0. The van der Waals surface area contributed by atoms with E-state index in [0.29, 0.717) is 17.7 Å². The topological polar surface area (TPSA) is 45.4 Å². The van der Waals surface area contributed by atoms with Gasteiger partial charge in [-0.15, -0.1) is 0 Å². The van der Waals surface area contributed by atoms with Gasteiger partial charge in [0.25, 0.3) is 0 Å². The fourth-order valence-electron chi connectivity index (χ4n) is 1.73. The predicted molar refractivity (Wildman–Crippen MR) is 64.3 cm³/mol. The largest absolute Gasteiger partial charge is 0.455 e. The summed E-state index contributed by atoms with van der Waals surface area (Å²) in [6.45, 7) is 3.30. The van der Waals surface area contributed by atoms with Crippen molar-refractivity contribution in [3.05, 3.63) is 35.8 Å². The first-order chi connectivity index (χ1) is 8.22. The molecule has 1 atom stereocenters. The van der Waals surface area contributed by atoms with Crippen molar-refractivity contribution in [1.29, 1.82) is 0 Å². The Kier molecular flexibility index (Phi) is 3.76. The normalized spacial score (nSPS) is 13.1. The Morgan fingerprint density at radius 3 is 3.00 bits per heavy atom. The molecule has 0 saturated carbocycles. The molecule has 2 aromatic rings. The fourth-order valence-corrected chi connectivity index (χ4v) is 1.73. The van der Waals surface area contributed by atoms with E-state index in [1.165, 1.54) is 6.07 Å². The summed E-state index contributed by atoms with van der Waals surface area (Å²) in [4.78, 5) is 0. The number of furan rings is 1. The molecular formula is C13H16FNO2. The van der Waals surface area contributed by atoms with Crippen LogP contribution in [-0.2, 0) is 0 Å². The van der Waals surface area contributed by atoms with Crippen molar-refractivity contribution < 1.29 is 13.9 Å². The maximum absolute atomic E-state index is 13.4. The molecule has 2 N–H and O–H groups in total. The van der Waals surface area contributed by atoms with Gasteiger partial charge in [-0.3, -0.25) is 0 Å². The maximum atomic E-state index is 13.4. The van der Waals surface area contributed by atoms with Crippen LogP contribution in [-0.4, -0.2) is 18.2 Å². The van der Waals surface area contributed by atoms with E-state index in [0.717, 1.165) is 13.0 Å². The molecule has 1 heterocycles. The predicted octanol–water partition coefficient (Wildman–Crippen LogP) is 2.60. The number of benzene rings is 1. The van der Waals surface area contributed by atoms with Gasteiger partial charge < -0.3 is 14.8 Å². The van der Waals surface area contributed by atoms with Crippen LogP contribution in [0.4, 0.5) is 4.39 Å². The lowest BCUT2D eigenvalue weighted by Gasteiger charge is -2.07. The van der Waals surface area contributed by atoms with Crippen LogP contribution in [0.15, 0.2) is 28.7 Å². The number of aliphatic hydroxyl groups is 1. The smallest absolute Gasteiger partial charge is 0.170 e. The zero-order valence-electron chi connectivity index (χ0n) is 9.74. The van der Waals surface area contributed by atoms with E-state index < -0.39 is 11.9 Å². The minimum absolute atomic E-state index is 0.206. The average Bonchev–Trinajstić information content (AvgIpc) is 2.75. The second-order valence-electron chi connectivity index (χ2n) is 4.03. The van der Waals surface area contributed by atoms with E-state index in [-0.39, 0.29) is 5.58 Å². The first-order valence-corrected chi connectivity index (χ1v) is 5.79. The third-order valence-corrected chi connectivity index (χ3v) is 2.61. The SMILES string of the molecule is CCCNCC(O)c1cc2cccc(F)c2o1. The van der Waals surface area contributed by atoms with E-state index in [2.05, 4.69) is 12.2 Å². The molecule has 0 amide bonds. The molecule has 17 heavy (non-hydrogen) atoms. The van der Waals surface area contributed by atoms with Crippen LogP contribution in [0, 0.1) is 5.82 Å². The van der Waals surface area contributed by atoms with Crippen molar-refractivity contribution in [1.82, 2.24) is 5.32 Å². The van der Waals surface area contributed by atoms with E-state index in [1.807, 2.05) is 0 Å². The van der Waals surface area contributed by atoms with Crippen LogP contribution in [0.5, 0.6) is 0 Å². The highest BCUT2D eigenvalue weighted by Gasteiger charge is 2.14. The van der Waals surface area contributed by atoms with Crippen LogP contribution in [0.1, 0.15) is 25.2 Å². The molecule has 2 rings (SSSR count). The number of nitrogens with one attached hydrogen (secondary N) is 1. The monoisotopic (exact) mass is 237 g/mol. The lowest BCUT2D eigenvalue weighted by atomic mass is 10.2. The van der Waals surface area contributed by atoms with Gasteiger partial charge in [-0.2, -0.15) is 0 Å². The molecule has 4 heteroatoms. The van der Waals surface area contributed by atoms with Gasteiger partial charge in [-0.05, 0) is 25.1 Å². The van der Waals surface area contributed by atoms with Gasteiger partial charge in [0.1, 0.15) is 11.9 Å². The number of hydrogen-bond donors (Lipinski definition) is 2. The Morgan fingerprint density at radius 1 is 1.47 bits per heavy atom. The summed E-state index contributed by atoms with van der Waals surface area (Å²) in [5.41, 5.74) is 0.206. The zero-order chi connectivity index (χ0) is 12.3. The summed E-state index contributed by atoms with van der Waals surface area (Å²) in [5.74, 6) is -0.00355. The molecule has 92 valence electrons. The minimum atomic E-state index is -0.742. The first-order valence-electron chi connectivity index (χ1n) is 5.79. The lowest BCUT2D eigenvalue weighted by Crippen LogP contribution is -2.21. The second-order valence-corrected chi connectivity index (χ2v) is 4.03. The molecule has 0 saturated heterocycles. The number of aliphatic hydroxyl groups excluding tert-OH is 1. The lowest BCUT2D eigenvalue weighted by molar-refractivity contribution is 0.150. The number of rotatable bonds is 5.